The number of amides is 1. The zero-order valence-electron chi connectivity index (χ0n) is 17.2. The second kappa shape index (κ2) is 9.30. The summed E-state index contributed by atoms with van der Waals surface area (Å²) in [6.07, 6.45) is 1.28. The predicted octanol–water partition coefficient (Wildman–Crippen LogP) is 5.27. The number of hydrazone groups is 1. The van der Waals surface area contributed by atoms with Crippen LogP contribution < -0.4 is 14.5 Å². The van der Waals surface area contributed by atoms with Gasteiger partial charge in [-0.3, -0.25) is 9.59 Å². The molecule has 0 radical (unpaired) electrons. The van der Waals surface area contributed by atoms with E-state index in [1.165, 1.54) is 32.1 Å². The van der Waals surface area contributed by atoms with Crippen LogP contribution in [0.25, 0.3) is 6.08 Å². The number of carbonyl (C=O) groups is 2. The molecule has 2 aromatic carbocycles. The van der Waals surface area contributed by atoms with Crippen molar-refractivity contribution < 1.29 is 41.0 Å². The number of rotatable bonds is 5. The van der Waals surface area contributed by atoms with Gasteiger partial charge in [0, 0.05) is 6.92 Å². The van der Waals surface area contributed by atoms with Gasteiger partial charge >= 0.3 is 5.97 Å². The van der Waals surface area contributed by atoms with Crippen LogP contribution in [0, 0.1) is 29.1 Å². The number of halogens is 6. The molecule has 12 heteroatoms. The first-order chi connectivity index (χ1) is 15.5. The van der Waals surface area contributed by atoms with E-state index < -0.39 is 46.6 Å². The van der Waals surface area contributed by atoms with Crippen LogP contribution in [0.3, 0.4) is 0 Å². The Balaban J connectivity index is 2.07. The van der Waals surface area contributed by atoms with Gasteiger partial charge in [-0.1, -0.05) is 0 Å². The van der Waals surface area contributed by atoms with Gasteiger partial charge in [-0.2, -0.15) is 10.1 Å². The minimum absolute atomic E-state index is 0.0397. The van der Waals surface area contributed by atoms with Gasteiger partial charge in [0.15, 0.2) is 34.8 Å². The first-order valence-electron chi connectivity index (χ1n) is 9.25. The second-order valence-corrected chi connectivity index (χ2v) is 7.49. The number of anilines is 1. The summed E-state index contributed by atoms with van der Waals surface area (Å²) in [6, 6.07) is 2.90. The van der Waals surface area contributed by atoms with E-state index in [9.17, 15) is 31.5 Å². The number of nitrogens with zero attached hydrogens (tertiary/aromatic N) is 2. The molecule has 174 valence electrons. The standard InChI is InChI=1S/C21H14BrF5N2O4/c1-4-32-13-7-10(6-12(22)20(13)33-9(3)30)5-11-8(2)28-29(21(11)31)19-17(26)15(24)14(23)16(25)18(19)27/h5-7H,4H2,1-3H3/b11-5-. The van der Waals surface area contributed by atoms with E-state index in [4.69, 9.17) is 9.47 Å². The highest BCUT2D eigenvalue weighted by Crippen LogP contribution is 2.39. The molecule has 0 N–H and O–H groups in total. The highest BCUT2D eigenvalue weighted by molar-refractivity contribution is 9.10. The number of benzene rings is 2. The molecular weight excluding hydrogens is 519 g/mol. The summed E-state index contributed by atoms with van der Waals surface area (Å²) in [5, 5.41) is 3.79. The molecule has 0 atom stereocenters. The van der Waals surface area contributed by atoms with Gasteiger partial charge in [0.05, 0.1) is 22.4 Å². The first kappa shape index (κ1) is 24.4. The molecule has 0 spiro atoms. The van der Waals surface area contributed by atoms with Crippen LogP contribution in [0.1, 0.15) is 26.3 Å². The third-order valence-electron chi connectivity index (χ3n) is 4.35. The van der Waals surface area contributed by atoms with Crippen molar-refractivity contribution in [3.05, 3.63) is 56.8 Å². The fourth-order valence-electron chi connectivity index (χ4n) is 2.96. The SMILES string of the molecule is CCOc1cc(/C=C2\C(=O)N(c3c(F)c(F)c(F)c(F)c3F)N=C2C)cc(Br)c1OC(C)=O. The quantitative estimate of drug-likeness (QED) is 0.131. The molecule has 1 heterocycles. The number of ether oxygens (including phenoxy) is 2. The lowest BCUT2D eigenvalue weighted by molar-refractivity contribution is -0.132. The number of hydrogen-bond donors (Lipinski definition) is 0. The maximum atomic E-state index is 14.2. The lowest BCUT2D eigenvalue weighted by Gasteiger charge is -2.15. The van der Waals surface area contributed by atoms with Crippen LogP contribution in [0.15, 0.2) is 27.3 Å². The summed E-state index contributed by atoms with van der Waals surface area (Å²) in [7, 11) is 0. The van der Waals surface area contributed by atoms with E-state index in [0.717, 1.165) is 0 Å². The molecule has 0 fully saturated rings. The van der Waals surface area contributed by atoms with Gasteiger partial charge in [0.1, 0.15) is 5.69 Å². The maximum Gasteiger partial charge on any atom is 0.308 e. The number of esters is 1. The average molecular weight is 533 g/mol. The van der Waals surface area contributed by atoms with E-state index >= 15 is 0 Å². The Bertz CT molecular complexity index is 1220. The largest absolute Gasteiger partial charge is 0.490 e. The first-order valence-corrected chi connectivity index (χ1v) is 10.0. The Morgan fingerprint density at radius 3 is 2.21 bits per heavy atom. The van der Waals surface area contributed by atoms with Gasteiger partial charge in [0.2, 0.25) is 5.82 Å². The van der Waals surface area contributed by atoms with Crippen molar-refractivity contribution in [1.82, 2.24) is 0 Å². The molecule has 1 aliphatic heterocycles. The van der Waals surface area contributed by atoms with Crippen LogP contribution in [-0.4, -0.2) is 24.2 Å². The minimum atomic E-state index is -2.35. The van der Waals surface area contributed by atoms with Crippen LogP contribution in [-0.2, 0) is 9.59 Å². The second-order valence-electron chi connectivity index (χ2n) is 6.64. The molecule has 0 saturated heterocycles. The maximum absolute atomic E-state index is 14.2. The van der Waals surface area contributed by atoms with E-state index in [2.05, 4.69) is 21.0 Å². The Morgan fingerprint density at radius 2 is 1.67 bits per heavy atom. The van der Waals surface area contributed by atoms with Crippen LogP contribution in [0.4, 0.5) is 27.6 Å². The Labute approximate surface area is 192 Å². The Morgan fingerprint density at radius 1 is 1.09 bits per heavy atom. The van der Waals surface area contributed by atoms with Crippen molar-refractivity contribution in [2.45, 2.75) is 20.8 Å². The Hall–Kier alpha value is -3.28. The zero-order valence-corrected chi connectivity index (χ0v) is 18.8. The third kappa shape index (κ3) is 4.47. The molecule has 0 aliphatic carbocycles. The highest BCUT2D eigenvalue weighted by atomic mass is 79.9. The molecular formula is C21H14BrF5N2O4. The van der Waals surface area contributed by atoms with Crippen LogP contribution >= 0.6 is 15.9 Å². The molecule has 33 heavy (non-hydrogen) atoms. The molecule has 3 rings (SSSR count). The predicted molar refractivity (Wildman–Crippen MR) is 111 cm³/mol. The van der Waals surface area contributed by atoms with Gasteiger partial charge in [-0.05, 0) is 53.5 Å². The smallest absolute Gasteiger partial charge is 0.308 e. The summed E-state index contributed by atoms with van der Waals surface area (Å²) in [4.78, 5) is 24.2. The molecule has 0 aromatic heterocycles. The molecule has 6 nitrogen and oxygen atoms in total. The summed E-state index contributed by atoms with van der Waals surface area (Å²) < 4.78 is 79.8. The number of hydrogen-bond acceptors (Lipinski definition) is 5. The fraction of sp³-hybridized carbons (Fsp3) is 0.190. The van der Waals surface area contributed by atoms with Gasteiger partial charge < -0.3 is 9.47 Å². The number of carbonyl (C=O) groups excluding carboxylic acids is 2. The van der Waals surface area contributed by atoms with Gasteiger partial charge in [-0.25, -0.2) is 22.0 Å². The van der Waals surface area contributed by atoms with Gasteiger partial charge in [-0.15, -0.1) is 0 Å². The van der Waals surface area contributed by atoms with Crippen LogP contribution in [0.5, 0.6) is 11.5 Å². The Kier molecular flexibility index (Phi) is 6.86. The fourth-order valence-corrected chi connectivity index (χ4v) is 3.50. The topological polar surface area (TPSA) is 68.2 Å². The lowest BCUT2D eigenvalue weighted by Crippen LogP contribution is -2.25. The van der Waals surface area contributed by atoms with Crippen molar-refractivity contribution in [1.29, 1.82) is 0 Å². The summed E-state index contributed by atoms with van der Waals surface area (Å²) in [5.41, 5.74) is -1.37. The van der Waals surface area contributed by atoms with Crippen molar-refractivity contribution in [3.8, 4) is 11.5 Å². The third-order valence-corrected chi connectivity index (χ3v) is 4.94. The average Bonchev–Trinajstić information content (AvgIpc) is 3.01. The van der Waals surface area contributed by atoms with Gasteiger partial charge in [0.25, 0.3) is 5.91 Å². The van der Waals surface area contributed by atoms with Crippen molar-refractivity contribution >= 4 is 45.3 Å². The zero-order chi connectivity index (χ0) is 24.6. The van der Waals surface area contributed by atoms with E-state index in [1.54, 1.807) is 6.92 Å². The summed E-state index contributed by atoms with van der Waals surface area (Å²) in [6.45, 7) is 4.43. The molecule has 1 aliphatic rings. The van der Waals surface area contributed by atoms with Crippen molar-refractivity contribution in [2.24, 2.45) is 5.10 Å². The molecule has 0 bridgehead atoms. The molecule has 0 saturated carbocycles. The van der Waals surface area contributed by atoms with Crippen molar-refractivity contribution in [2.75, 3.05) is 11.6 Å². The highest BCUT2D eigenvalue weighted by Gasteiger charge is 2.37. The van der Waals surface area contributed by atoms with E-state index in [-0.39, 0.29) is 34.4 Å². The summed E-state index contributed by atoms with van der Waals surface area (Å²) in [5.74, 6) is -12.6. The van der Waals surface area contributed by atoms with Crippen molar-refractivity contribution in [3.63, 3.8) is 0 Å². The molecule has 0 unspecified atom stereocenters. The van der Waals surface area contributed by atoms with Crippen LogP contribution in [0.2, 0.25) is 0 Å². The van der Waals surface area contributed by atoms with E-state index in [0.29, 0.717) is 10.0 Å². The summed E-state index contributed by atoms with van der Waals surface area (Å²) >= 11 is 3.24. The molecule has 2 aromatic rings. The lowest BCUT2D eigenvalue weighted by atomic mass is 10.1. The normalized spacial score (nSPS) is 14.7. The minimum Gasteiger partial charge on any atom is -0.490 e. The molecule has 1 amide bonds. The monoisotopic (exact) mass is 532 g/mol. The van der Waals surface area contributed by atoms with E-state index in [1.807, 2.05) is 0 Å².